The highest BCUT2D eigenvalue weighted by atomic mass is 16.5. The van der Waals surface area contributed by atoms with Crippen molar-refractivity contribution in [2.75, 3.05) is 19.6 Å². The molecule has 3 rings (SSSR count). The van der Waals surface area contributed by atoms with Crippen LogP contribution in [-0.4, -0.2) is 36.5 Å². The average Bonchev–Trinajstić information content (AvgIpc) is 3.06. The fraction of sp³-hybridized carbons (Fsp3) is 0.381. The van der Waals surface area contributed by atoms with Gasteiger partial charge in [0.05, 0.1) is 11.7 Å². The van der Waals surface area contributed by atoms with E-state index in [2.05, 4.69) is 12.1 Å². The van der Waals surface area contributed by atoms with Crippen LogP contribution in [0.2, 0.25) is 0 Å². The van der Waals surface area contributed by atoms with Gasteiger partial charge in [-0.3, -0.25) is 4.79 Å². The Hall–Kier alpha value is -2.33. The standard InChI is InChI=1S/C21H26N2O2/c1-15(2)25-20-11-7-6-10-18(20)21(24)23-13-17(12-22)19(14-23)16-8-4-3-5-9-16/h3-11,15,17,19H,12-14,22H2,1-2H3/t17-,19+/m1/s1. The molecule has 0 spiro atoms. The van der Waals surface area contributed by atoms with Crippen LogP contribution in [0.4, 0.5) is 0 Å². The fourth-order valence-electron chi connectivity index (χ4n) is 3.52. The Bertz CT molecular complexity index is 715. The maximum absolute atomic E-state index is 13.1. The molecule has 0 bridgehead atoms. The van der Waals surface area contributed by atoms with Crippen molar-refractivity contribution in [3.05, 3.63) is 65.7 Å². The molecule has 0 aliphatic carbocycles. The van der Waals surface area contributed by atoms with E-state index in [9.17, 15) is 4.79 Å². The van der Waals surface area contributed by atoms with E-state index in [1.54, 1.807) is 0 Å². The van der Waals surface area contributed by atoms with E-state index in [0.717, 1.165) is 0 Å². The Morgan fingerprint density at radius 3 is 2.48 bits per heavy atom. The lowest BCUT2D eigenvalue weighted by Crippen LogP contribution is -2.30. The van der Waals surface area contributed by atoms with E-state index in [0.29, 0.717) is 30.9 Å². The summed E-state index contributed by atoms with van der Waals surface area (Å²) in [5.74, 6) is 1.24. The average molecular weight is 338 g/mol. The zero-order valence-corrected chi connectivity index (χ0v) is 14.9. The number of nitrogens with two attached hydrogens (primary N) is 1. The van der Waals surface area contributed by atoms with Gasteiger partial charge in [-0.15, -0.1) is 0 Å². The van der Waals surface area contributed by atoms with Crippen LogP contribution >= 0.6 is 0 Å². The molecule has 4 nitrogen and oxygen atoms in total. The number of rotatable bonds is 5. The smallest absolute Gasteiger partial charge is 0.257 e. The lowest BCUT2D eigenvalue weighted by Gasteiger charge is -2.20. The molecular weight excluding hydrogens is 312 g/mol. The Labute approximate surface area is 149 Å². The Balaban J connectivity index is 1.82. The van der Waals surface area contributed by atoms with Gasteiger partial charge in [-0.1, -0.05) is 42.5 Å². The number of carbonyl (C=O) groups is 1. The van der Waals surface area contributed by atoms with Crippen molar-refractivity contribution in [2.45, 2.75) is 25.9 Å². The largest absolute Gasteiger partial charge is 0.490 e. The molecule has 132 valence electrons. The van der Waals surface area contributed by atoms with Crippen LogP contribution in [0.3, 0.4) is 0 Å². The fourth-order valence-corrected chi connectivity index (χ4v) is 3.52. The molecule has 2 atom stereocenters. The molecule has 2 aromatic carbocycles. The summed E-state index contributed by atoms with van der Waals surface area (Å²) in [6.45, 7) is 5.89. The zero-order valence-electron chi connectivity index (χ0n) is 14.9. The summed E-state index contributed by atoms with van der Waals surface area (Å²) in [6.07, 6.45) is 0.0291. The van der Waals surface area contributed by atoms with Gasteiger partial charge in [-0.05, 0) is 44.0 Å². The van der Waals surface area contributed by atoms with Gasteiger partial charge in [0.25, 0.3) is 5.91 Å². The molecule has 2 N–H and O–H groups in total. The van der Waals surface area contributed by atoms with Crippen LogP contribution < -0.4 is 10.5 Å². The monoisotopic (exact) mass is 338 g/mol. The minimum atomic E-state index is 0.0214. The highest BCUT2D eigenvalue weighted by molar-refractivity contribution is 5.97. The predicted octanol–water partition coefficient (Wildman–Crippen LogP) is 3.29. The molecule has 0 saturated carbocycles. The Kier molecular flexibility index (Phi) is 5.39. The molecule has 1 aliphatic rings. The SMILES string of the molecule is CC(C)Oc1ccccc1C(=O)N1C[C@@H](CN)[C@H](c2ccccc2)C1. The van der Waals surface area contributed by atoms with Gasteiger partial charge < -0.3 is 15.4 Å². The van der Waals surface area contributed by atoms with Crippen molar-refractivity contribution >= 4 is 5.91 Å². The van der Waals surface area contributed by atoms with Gasteiger partial charge in [0.2, 0.25) is 0 Å². The van der Waals surface area contributed by atoms with Crippen molar-refractivity contribution in [1.29, 1.82) is 0 Å². The van der Waals surface area contributed by atoms with Gasteiger partial charge in [-0.25, -0.2) is 0 Å². The number of ether oxygens (including phenoxy) is 1. The van der Waals surface area contributed by atoms with Gasteiger partial charge in [-0.2, -0.15) is 0 Å². The summed E-state index contributed by atoms with van der Waals surface area (Å²) in [5.41, 5.74) is 7.87. The predicted molar refractivity (Wildman–Crippen MR) is 99.8 cm³/mol. The second kappa shape index (κ2) is 7.70. The van der Waals surface area contributed by atoms with Crippen molar-refractivity contribution in [3.8, 4) is 5.75 Å². The minimum Gasteiger partial charge on any atom is -0.490 e. The molecule has 1 aliphatic heterocycles. The van der Waals surface area contributed by atoms with E-state index in [1.807, 2.05) is 61.2 Å². The summed E-state index contributed by atoms with van der Waals surface area (Å²) < 4.78 is 5.82. The first kappa shape index (κ1) is 17.5. The van der Waals surface area contributed by atoms with Crippen LogP contribution in [0.15, 0.2) is 54.6 Å². The highest BCUT2D eigenvalue weighted by Gasteiger charge is 2.36. The number of hydrogen-bond donors (Lipinski definition) is 1. The van der Waals surface area contributed by atoms with Crippen LogP contribution in [0.1, 0.15) is 35.7 Å². The topological polar surface area (TPSA) is 55.6 Å². The normalized spacial score (nSPS) is 20.1. The van der Waals surface area contributed by atoms with E-state index in [1.165, 1.54) is 5.56 Å². The molecule has 0 radical (unpaired) electrons. The van der Waals surface area contributed by atoms with E-state index >= 15 is 0 Å². The first-order valence-electron chi connectivity index (χ1n) is 8.90. The summed E-state index contributed by atoms with van der Waals surface area (Å²) in [4.78, 5) is 15.0. The number of nitrogens with zero attached hydrogens (tertiary/aromatic N) is 1. The third-order valence-corrected chi connectivity index (χ3v) is 4.74. The number of likely N-dealkylation sites (tertiary alicyclic amines) is 1. The van der Waals surface area contributed by atoms with Crippen LogP contribution in [-0.2, 0) is 0 Å². The second-order valence-corrected chi connectivity index (χ2v) is 6.89. The van der Waals surface area contributed by atoms with Crippen LogP contribution in [0.25, 0.3) is 0 Å². The Morgan fingerprint density at radius 2 is 1.80 bits per heavy atom. The van der Waals surface area contributed by atoms with Crippen molar-refractivity contribution in [1.82, 2.24) is 4.90 Å². The number of carbonyl (C=O) groups excluding carboxylic acids is 1. The summed E-state index contributed by atoms with van der Waals surface area (Å²) in [6, 6.07) is 17.8. The van der Waals surface area contributed by atoms with E-state index in [-0.39, 0.29) is 23.8 Å². The van der Waals surface area contributed by atoms with Crippen LogP contribution in [0, 0.1) is 5.92 Å². The van der Waals surface area contributed by atoms with E-state index < -0.39 is 0 Å². The molecule has 4 heteroatoms. The van der Waals surface area contributed by atoms with Gasteiger partial charge in [0, 0.05) is 19.0 Å². The van der Waals surface area contributed by atoms with Crippen molar-refractivity contribution in [2.24, 2.45) is 11.7 Å². The molecule has 25 heavy (non-hydrogen) atoms. The van der Waals surface area contributed by atoms with Gasteiger partial charge in [0.15, 0.2) is 0 Å². The van der Waals surface area contributed by atoms with Gasteiger partial charge >= 0.3 is 0 Å². The first-order valence-corrected chi connectivity index (χ1v) is 8.90. The number of amides is 1. The third-order valence-electron chi connectivity index (χ3n) is 4.74. The molecule has 0 unspecified atom stereocenters. The second-order valence-electron chi connectivity index (χ2n) is 6.89. The minimum absolute atomic E-state index is 0.0214. The quantitative estimate of drug-likeness (QED) is 0.910. The number of para-hydroxylation sites is 1. The summed E-state index contributed by atoms with van der Waals surface area (Å²) >= 11 is 0. The van der Waals surface area contributed by atoms with Gasteiger partial charge in [0.1, 0.15) is 5.75 Å². The zero-order chi connectivity index (χ0) is 17.8. The number of benzene rings is 2. The molecule has 1 heterocycles. The molecule has 1 fully saturated rings. The first-order chi connectivity index (χ1) is 12.1. The highest BCUT2D eigenvalue weighted by Crippen LogP contribution is 2.33. The maximum atomic E-state index is 13.1. The third kappa shape index (κ3) is 3.85. The summed E-state index contributed by atoms with van der Waals surface area (Å²) in [5, 5.41) is 0. The Morgan fingerprint density at radius 1 is 1.12 bits per heavy atom. The molecule has 0 aromatic heterocycles. The molecule has 1 saturated heterocycles. The molecule has 1 amide bonds. The molecule has 2 aromatic rings. The maximum Gasteiger partial charge on any atom is 0.257 e. The lowest BCUT2D eigenvalue weighted by atomic mass is 9.89. The van der Waals surface area contributed by atoms with E-state index in [4.69, 9.17) is 10.5 Å². The van der Waals surface area contributed by atoms with Crippen LogP contribution in [0.5, 0.6) is 5.75 Å². The molecular formula is C21H26N2O2. The van der Waals surface area contributed by atoms with Crippen molar-refractivity contribution in [3.63, 3.8) is 0 Å². The van der Waals surface area contributed by atoms with Crippen molar-refractivity contribution < 1.29 is 9.53 Å². The summed E-state index contributed by atoms with van der Waals surface area (Å²) in [7, 11) is 0. The lowest BCUT2D eigenvalue weighted by molar-refractivity contribution is 0.0780. The number of hydrogen-bond acceptors (Lipinski definition) is 3.